The zero-order chi connectivity index (χ0) is 13.0. The number of nitrogens with one attached hydrogen (secondary N) is 2. The zero-order valence-electron chi connectivity index (χ0n) is 10.5. The van der Waals surface area contributed by atoms with Crippen LogP contribution in [0.5, 0.6) is 0 Å². The summed E-state index contributed by atoms with van der Waals surface area (Å²) >= 11 is 0. The molecule has 2 N–H and O–H groups in total. The summed E-state index contributed by atoms with van der Waals surface area (Å²) in [6, 6.07) is 0. The molecule has 0 saturated carbocycles. The first-order chi connectivity index (χ1) is 8.72. The summed E-state index contributed by atoms with van der Waals surface area (Å²) in [6.45, 7) is 4.78. The number of aryl methyl sites for hydroxylation is 2. The van der Waals surface area contributed by atoms with Gasteiger partial charge in [0.15, 0.2) is 0 Å². The molecule has 96 valence electrons. The highest BCUT2D eigenvalue weighted by atomic mass is 16.2. The van der Waals surface area contributed by atoms with Crippen LogP contribution in [-0.4, -0.2) is 30.9 Å². The molecule has 0 aliphatic carbocycles. The van der Waals surface area contributed by atoms with Crippen molar-refractivity contribution >= 4 is 11.6 Å². The summed E-state index contributed by atoms with van der Waals surface area (Å²) in [6.07, 6.45) is 5.10. The third-order valence-electron chi connectivity index (χ3n) is 2.44. The first-order valence-corrected chi connectivity index (χ1v) is 5.98. The number of rotatable bonds is 5. The largest absolute Gasteiger partial charge is 0.316 e. The van der Waals surface area contributed by atoms with Gasteiger partial charge in [-0.2, -0.15) is 5.10 Å². The highest BCUT2D eigenvalue weighted by Crippen LogP contribution is 2.06. The molecule has 0 atom stereocenters. The Morgan fingerprint density at radius 1 is 1.50 bits per heavy atom. The molecule has 2 aromatic rings. The average molecular weight is 248 g/mol. The van der Waals surface area contributed by atoms with Gasteiger partial charge in [0.25, 0.3) is 5.91 Å². The summed E-state index contributed by atoms with van der Waals surface area (Å²) in [4.78, 5) is 16.0. The minimum absolute atomic E-state index is 0.155. The van der Waals surface area contributed by atoms with Crippen LogP contribution in [0.2, 0.25) is 0 Å². The molecule has 0 aliphatic rings. The Labute approximate surface area is 105 Å². The number of carbonyl (C=O) groups is 1. The molecule has 2 heterocycles. The van der Waals surface area contributed by atoms with Gasteiger partial charge in [-0.25, -0.2) is 4.98 Å². The molecule has 0 radical (unpaired) electrons. The molecule has 0 aromatic carbocycles. The van der Waals surface area contributed by atoms with E-state index >= 15 is 0 Å². The molecular weight excluding hydrogens is 232 g/mol. The number of aromatic nitrogens is 5. The number of H-pyrrole nitrogens is 1. The van der Waals surface area contributed by atoms with Gasteiger partial charge in [-0.1, -0.05) is 6.92 Å². The van der Waals surface area contributed by atoms with Crippen molar-refractivity contribution in [3.05, 3.63) is 24.0 Å². The lowest BCUT2D eigenvalue weighted by molar-refractivity contribution is 0.101. The van der Waals surface area contributed by atoms with Crippen LogP contribution in [0.3, 0.4) is 0 Å². The summed E-state index contributed by atoms with van der Waals surface area (Å²) in [7, 11) is 0. The van der Waals surface area contributed by atoms with Gasteiger partial charge >= 0.3 is 0 Å². The molecular formula is C11H16N6O. The minimum Gasteiger partial charge on any atom is -0.316 e. The third kappa shape index (κ3) is 2.73. The fourth-order valence-corrected chi connectivity index (χ4v) is 1.53. The fraction of sp³-hybridized carbons (Fsp3) is 0.455. The molecule has 0 saturated heterocycles. The van der Waals surface area contributed by atoms with Crippen LogP contribution in [0.1, 0.15) is 36.7 Å². The molecule has 2 rings (SSSR count). The Hall–Kier alpha value is -2.18. The maximum Gasteiger partial charge on any atom is 0.295 e. The van der Waals surface area contributed by atoms with E-state index in [2.05, 4.69) is 25.6 Å². The summed E-state index contributed by atoms with van der Waals surface area (Å²) in [5.41, 5.74) is 0.642. The van der Waals surface area contributed by atoms with Crippen LogP contribution in [0.25, 0.3) is 0 Å². The van der Waals surface area contributed by atoms with Gasteiger partial charge in [-0.3, -0.25) is 14.6 Å². The Kier molecular flexibility index (Phi) is 3.71. The molecule has 0 bridgehead atoms. The van der Waals surface area contributed by atoms with Crippen LogP contribution in [0.4, 0.5) is 5.69 Å². The van der Waals surface area contributed by atoms with Crippen molar-refractivity contribution in [1.29, 1.82) is 0 Å². The van der Waals surface area contributed by atoms with E-state index in [0.29, 0.717) is 5.69 Å². The number of hydrogen-bond acceptors (Lipinski definition) is 4. The number of carbonyl (C=O) groups excluding carboxylic acids is 1. The Morgan fingerprint density at radius 3 is 3.00 bits per heavy atom. The number of nitrogens with zero attached hydrogens (tertiary/aromatic N) is 4. The van der Waals surface area contributed by atoms with E-state index in [1.165, 1.54) is 0 Å². The van der Waals surface area contributed by atoms with Gasteiger partial charge in [0, 0.05) is 19.2 Å². The fourth-order valence-electron chi connectivity index (χ4n) is 1.53. The van der Waals surface area contributed by atoms with Crippen molar-refractivity contribution < 1.29 is 4.79 Å². The lowest BCUT2D eigenvalue weighted by atomic mass is 10.3. The first kappa shape index (κ1) is 12.3. The number of aromatic amines is 1. The lowest BCUT2D eigenvalue weighted by Crippen LogP contribution is -2.13. The molecule has 0 fully saturated rings. The van der Waals surface area contributed by atoms with Crippen LogP contribution in [0, 0.1) is 0 Å². The molecule has 0 spiro atoms. The van der Waals surface area contributed by atoms with Crippen LogP contribution < -0.4 is 5.32 Å². The van der Waals surface area contributed by atoms with E-state index < -0.39 is 0 Å². The number of amides is 1. The number of hydrogen-bond donors (Lipinski definition) is 2. The summed E-state index contributed by atoms with van der Waals surface area (Å²) in [5, 5.41) is 13.4. The van der Waals surface area contributed by atoms with Crippen LogP contribution in [-0.2, 0) is 13.0 Å². The minimum atomic E-state index is -0.329. The lowest BCUT2D eigenvalue weighted by Gasteiger charge is -1.97. The molecule has 0 unspecified atom stereocenters. The molecule has 2 aromatic heterocycles. The van der Waals surface area contributed by atoms with E-state index in [0.717, 1.165) is 25.2 Å². The highest BCUT2D eigenvalue weighted by Gasteiger charge is 2.13. The predicted molar refractivity (Wildman–Crippen MR) is 66.2 cm³/mol. The topological polar surface area (TPSA) is 88.5 Å². The first-order valence-electron chi connectivity index (χ1n) is 5.98. The van der Waals surface area contributed by atoms with Crippen LogP contribution >= 0.6 is 0 Å². The maximum absolute atomic E-state index is 11.8. The van der Waals surface area contributed by atoms with Gasteiger partial charge in [0.1, 0.15) is 5.82 Å². The SMILES string of the molecule is CCCc1nc(C(=O)Nc2cnn(CC)c2)n[nH]1. The molecule has 7 heteroatoms. The van der Waals surface area contributed by atoms with E-state index in [-0.39, 0.29) is 11.7 Å². The van der Waals surface area contributed by atoms with Crippen LogP contribution in [0.15, 0.2) is 12.4 Å². The number of anilines is 1. The Balaban J connectivity index is 2.02. The molecule has 1 amide bonds. The van der Waals surface area contributed by atoms with Gasteiger partial charge < -0.3 is 5.32 Å². The predicted octanol–water partition coefficient (Wildman–Crippen LogP) is 1.23. The van der Waals surface area contributed by atoms with Crippen molar-refractivity contribution in [2.24, 2.45) is 0 Å². The molecule has 7 nitrogen and oxygen atoms in total. The average Bonchev–Trinajstić information content (AvgIpc) is 2.98. The van der Waals surface area contributed by atoms with E-state index in [1.807, 2.05) is 13.8 Å². The van der Waals surface area contributed by atoms with Gasteiger partial charge in [-0.15, -0.1) is 5.10 Å². The Bertz CT molecular complexity index is 529. The maximum atomic E-state index is 11.8. The monoisotopic (exact) mass is 248 g/mol. The van der Waals surface area contributed by atoms with E-state index in [9.17, 15) is 4.79 Å². The zero-order valence-corrected chi connectivity index (χ0v) is 10.5. The Morgan fingerprint density at radius 2 is 2.33 bits per heavy atom. The quantitative estimate of drug-likeness (QED) is 0.832. The van der Waals surface area contributed by atoms with E-state index in [4.69, 9.17) is 0 Å². The smallest absolute Gasteiger partial charge is 0.295 e. The molecule has 0 aliphatic heterocycles. The second kappa shape index (κ2) is 5.44. The normalized spacial score (nSPS) is 10.6. The standard InChI is InChI=1S/C11H16N6O/c1-3-5-9-14-10(16-15-9)11(18)13-8-6-12-17(4-2)7-8/h6-7H,3-5H2,1-2H3,(H,13,18)(H,14,15,16). The van der Waals surface area contributed by atoms with Gasteiger partial charge in [-0.05, 0) is 13.3 Å². The van der Waals surface area contributed by atoms with Crippen molar-refractivity contribution in [3.63, 3.8) is 0 Å². The second-order valence-electron chi connectivity index (χ2n) is 3.89. The summed E-state index contributed by atoms with van der Waals surface area (Å²) < 4.78 is 1.73. The van der Waals surface area contributed by atoms with Gasteiger partial charge in [0.05, 0.1) is 11.9 Å². The molecule has 18 heavy (non-hydrogen) atoms. The van der Waals surface area contributed by atoms with Gasteiger partial charge in [0.2, 0.25) is 5.82 Å². The van der Waals surface area contributed by atoms with Crippen molar-refractivity contribution in [1.82, 2.24) is 25.0 Å². The van der Waals surface area contributed by atoms with Crippen molar-refractivity contribution in [2.75, 3.05) is 5.32 Å². The van der Waals surface area contributed by atoms with Crippen molar-refractivity contribution in [3.8, 4) is 0 Å². The van der Waals surface area contributed by atoms with Crippen molar-refractivity contribution in [2.45, 2.75) is 33.2 Å². The highest BCUT2D eigenvalue weighted by molar-refractivity contribution is 6.01. The third-order valence-corrected chi connectivity index (χ3v) is 2.44. The van der Waals surface area contributed by atoms with E-state index in [1.54, 1.807) is 17.1 Å². The second-order valence-corrected chi connectivity index (χ2v) is 3.89. The summed E-state index contributed by atoms with van der Waals surface area (Å²) in [5.74, 6) is 0.554.